The van der Waals surface area contributed by atoms with Crippen molar-refractivity contribution >= 4 is 23.0 Å². The lowest BCUT2D eigenvalue weighted by Crippen LogP contribution is -2.02. The quantitative estimate of drug-likeness (QED) is 0.643. The first-order valence-electron chi connectivity index (χ1n) is 6.71. The number of aromatic nitrogens is 1. The number of hydrogen-bond acceptors (Lipinski definition) is 5. The van der Waals surface area contributed by atoms with Crippen LogP contribution in [0.5, 0.6) is 0 Å². The van der Waals surface area contributed by atoms with E-state index in [4.69, 9.17) is 0 Å². The lowest BCUT2D eigenvalue weighted by molar-refractivity contribution is -0.384. The summed E-state index contributed by atoms with van der Waals surface area (Å²) in [4.78, 5) is 14.8. The minimum atomic E-state index is -0.429. The maximum Gasteiger partial charge on any atom is 0.276 e. The van der Waals surface area contributed by atoms with E-state index in [1.807, 2.05) is 24.3 Å². The van der Waals surface area contributed by atoms with E-state index in [0.29, 0.717) is 17.6 Å². The number of rotatable bonds is 5. The summed E-state index contributed by atoms with van der Waals surface area (Å²) in [5, 5.41) is 17.0. The molecule has 110 valence electrons. The van der Waals surface area contributed by atoms with Crippen molar-refractivity contribution in [1.29, 1.82) is 0 Å². The van der Waals surface area contributed by atoms with Gasteiger partial charge in [0.15, 0.2) is 0 Å². The van der Waals surface area contributed by atoms with Gasteiger partial charge in [-0.1, -0.05) is 32.0 Å². The summed E-state index contributed by atoms with van der Waals surface area (Å²) in [5.74, 6) is 1.24. The lowest BCUT2D eigenvalue weighted by atomic mass is 10.0. The van der Waals surface area contributed by atoms with E-state index in [2.05, 4.69) is 29.5 Å². The summed E-state index contributed by atoms with van der Waals surface area (Å²) in [6.07, 6.45) is 0. The van der Waals surface area contributed by atoms with Crippen molar-refractivity contribution in [1.82, 2.24) is 4.98 Å². The van der Waals surface area contributed by atoms with Crippen LogP contribution in [-0.4, -0.2) is 17.0 Å². The minimum Gasteiger partial charge on any atom is -0.373 e. The van der Waals surface area contributed by atoms with E-state index in [1.54, 1.807) is 7.05 Å². The number of hydrogen-bond donors (Lipinski definition) is 2. The van der Waals surface area contributed by atoms with Gasteiger partial charge in [0.05, 0.1) is 17.1 Å². The maximum atomic E-state index is 11.0. The first-order chi connectivity index (χ1) is 10.0. The molecule has 0 spiro atoms. The Morgan fingerprint density at radius 1 is 1.19 bits per heavy atom. The standard InChI is InChI=1S/C15H18N4O2/c1-10(2)12-6-4-5-7-13(12)17-15-9-11(19(20)21)8-14(16-3)18-15/h4-10H,1-3H3,(H2,16,17,18). The number of para-hydroxylation sites is 1. The highest BCUT2D eigenvalue weighted by Crippen LogP contribution is 2.28. The smallest absolute Gasteiger partial charge is 0.276 e. The van der Waals surface area contributed by atoms with E-state index in [9.17, 15) is 10.1 Å². The summed E-state index contributed by atoms with van der Waals surface area (Å²) < 4.78 is 0. The molecule has 21 heavy (non-hydrogen) atoms. The first-order valence-corrected chi connectivity index (χ1v) is 6.71. The summed E-state index contributed by atoms with van der Waals surface area (Å²) in [5.41, 5.74) is 2.04. The number of nitrogens with one attached hydrogen (secondary N) is 2. The Kier molecular flexibility index (Phi) is 4.37. The van der Waals surface area contributed by atoms with Crippen molar-refractivity contribution < 1.29 is 4.92 Å². The molecule has 0 atom stereocenters. The van der Waals surface area contributed by atoms with Crippen LogP contribution in [0.3, 0.4) is 0 Å². The molecule has 6 heteroatoms. The van der Waals surface area contributed by atoms with E-state index in [0.717, 1.165) is 11.3 Å². The van der Waals surface area contributed by atoms with Gasteiger partial charge in [0.1, 0.15) is 11.6 Å². The SMILES string of the molecule is CNc1cc([N+](=O)[O-])cc(Nc2ccccc2C(C)C)n1. The Morgan fingerprint density at radius 3 is 2.48 bits per heavy atom. The van der Waals surface area contributed by atoms with Crippen LogP contribution in [0.15, 0.2) is 36.4 Å². The van der Waals surface area contributed by atoms with Crippen LogP contribution in [0.2, 0.25) is 0 Å². The highest BCUT2D eigenvalue weighted by molar-refractivity contribution is 5.65. The zero-order chi connectivity index (χ0) is 15.4. The summed E-state index contributed by atoms with van der Waals surface area (Å²) in [7, 11) is 1.68. The van der Waals surface area contributed by atoms with Gasteiger partial charge in [-0.2, -0.15) is 0 Å². The third-order valence-corrected chi connectivity index (χ3v) is 3.12. The third kappa shape index (κ3) is 3.47. The summed E-state index contributed by atoms with van der Waals surface area (Å²) in [6, 6.07) is 10.7. The molecule has 0 unspecified atom stereocenters. The molecule has 0 aliphatic rings. The zero-order valence-corrected chi connectivity index (χ0v) is 12.3. The topological polar surface area (TPSA) is 80.1 Å². The lowest BCUT2D eigenvalue weighted by Gasteiger charge is -2.14. The van der Waals surface area contributed by atoms with Gasteiger partial charge in [0, 0.05) is 12.7 Å². The maximum absolute atomic E-state index is 11.0. The first kappa shape index (κ1) is 14.8. The van der Waals surface area contributed by atoms with E-state index in [-0.39, 0.29) is 5.69 Å². The van der Waals surface area contributed by atoms with Gasteiger partial charge in [0.2, 0.25) is 0 Å². The van der Waals surface area contributed by atoms with Crippen LogP contribution in [0.1, 0.15) is 25.3 Å². The molecule has 0 saturated carbocycles. The number of pyridine rings is 1. The average Bonchev–Trinajstić information content (AvgIpc) is 2.47. The molecule has 2 rings (SSSR count). The molecule has 2 N–H and O–H groups in total. The molecule has 0 saturated heterocycles. The Bertz CT molecular complexity index is 656. The van der Waals surface area contributed by atoms with E-state index in [1.165, 1.54) is 12.1 Å². The number of nitro groups is 1. The monoisotopic (exact) mass is 286 g/mol. The van der Waals surface area contributed by atoms with Crippen LogP contribution in [0.4, 0.5) is 23.0 Å². The second kappa shape index (κ2) is 6.21. The second-order valence-corrected chi connectivity index (χ2v) is 4.97. The van der Waals surface area contributed by atoms with Gasteiger partial charge in [-0.05, 0) is 17.5 Å². The molecule has 1 aromatic carbocycles. The molecule has 0 radical (unpaired) electrons. The van der Waals surface area contributed by atoms with Gasteiger partial charge < -0.3 is 10.6 Å². The van der Waals surface area contributed by atoms with Gasteiger partial charge in [-0.25, -0.2) is 4.98 Å². The Morgan fingerprint density at radius 2 is 1.86 bits per heavy atom. The van der Waals surface area contributed by atoms with Gasteiger partial charge in [0.25, 0.3) is 5.69 Å². The summed E-state index contributed by atoms with van der Waals surface area (Å²) in [6.45, 7) is 4.20. The van der Waals surface area contributed by atoms with Crippen LogP contribution < -0.4 is 10.6 Å². The van der Waals surface area contributed by atoms with Gasteiger partial charge >= 0.3 is 0 Å². The molecule has 0 aliphatic carbocycles. The molecular formula is C15H18N4O2. The van der Waals surface area contributed by atoms with Crippen molar-refractivity contribution in [3.05, 3.63) is 52.1 Å². The van der Waals surface area contributed by atoms with Crippen LogP contribution in [0.25, 0.3) is 0 Å². The Balaban J connectivity index is 2.40. The fourth-order valence-corrected chi connectivity index (χ4v) is 2.07. The van der Waals surface area contributed by atoms with Crippen LogP contribution in [-0.2, 0) is 0 Å². The molecule has 0 aliphatic heterocycles. The van der Waals surface area contributed by atoms with Crippen LogP contribution in [0, 0.1) is 10.1 Å². The van der Waals surface area contributed by atoms with Crippen LogP contribution >= 0.6 is 0 Å². The summed E-state index contributed by atoms with van der Waals surface area (Å²) >= 11 is 0. The minimum absolute atomic E-state index is 0.00104. The molecule has 6 nitrogen and oxygen atoms in total. The fraction of sp³-hybridized carbons (Fsp3) is 0.267. The zero-order valence-electron chi connectivity index (χ0n) is 12.3. The fourth-order valence-electron chi connectivity index (χ4n) is 2.07. The number of anilines is 3. The third-order valence-electron chi connectivity index (χ3n) is 3.12. The molecular weight excluding hydrogens is 268 g/mol. The second-order valence-electron chi connectivity index (χ2n) is 4.97. The van der Waals surface area contributed by atoms with E-state index >= 15 is 0 Å². The molecule has 1 aromatic heterocycles. The molecule has 0 bridgehead atoms. The Hall–Kier alpha value is -2.63. The van der Waals surface area contributed by atoms with Crippen molar-refractivity contribution in [3.8, 4) is 0 Å². The number of nitrogens with zero attached hydrogens (tertiary/aromatic N) is 2. The van der Waals surface area contributed by atoms with Crippen molar-refractivity contribution in [2.75, 3.05) is 17.7 Å². The highest BCUT2D eigenvalue weighted by Gasteiger charge is 2.12. The van der Waals surface area contributed by atoms with Crippen molar-refractivity contribution in [2.24, 2.45) is 0 Å². The molecule has 2 aromatic rings. The molecule has 1 heterocycles. The molecule has 0 fully saturated rings. The highest BCUT2D eigenvalue weighted by atomic mass is 16.6. The predicted octanol–water partition coefficient (Wildman–Crippen LogP) is 3.90. The predicted molar refractivity (Wildman–Crippen MR) is 84.3 cm³/mol. The van der Waals surface area contributed by atoms with Gasteiger partial charge in [-0.3, -0.25) is 10.1 Å². The normalized spacial score (nSPS) is 10.5. The van der Waals surface area contributed by atoms with E-state index < -0.39 is 4.92 Å². The number of benzene rings is 1. The molecule has 0 amide bonds. The Labute approximate surface area is 123 Å². The van der Waals surface area contributed by atoms with Crippen molar-refractivity contribution in [2.45, 2.75) is 19.8 Å². The average molecular weight is 286 g/mol. The van der Waals surface area contributed by atoms with Gasteiger partial charge in [-0.15, -0.1) is 0 Å². The largest absolute Gasteiger partial charge is 0.373 e. The van der Waals surface area contributed by atoms with Crippen molar-refractivity contribution in [3.63, 3.8) is 0 Å².